The molecule has 0 aliphatic carbocycles. The van der Waals surface area contributed by atoms with Crippen molar-refractivity contribution in [1.82, 2.24) is 0 Å². The number of ether oxygens (including phenoxy) is 3. The molecule has 0 amide bonds. The van der Waals surface area contributed by atoms with Crippen LogP contribution in [0.1, 0.15) is 59.2 Å². The van der Waals surface area contributed by atoms with Crippen LogP contribution in [-0.4, -0.2) is 36.9 Å². The van der Waals surface area contributed by atoms with Gasteiger partial charge in [-0.15, -0.1) is 6.58 Å². The number of carbonyl (C=O) groups is 2. The fourth-order valence-corrected chi connectivity index (χ4v) is 3.90. The van der Waals surface area contributed by atoms with Crippen molar-refractivity contribution in [3.8, 4) is 22.6 Å². The Kier molecular flexibility index (Phi) is 11.4. The van der Waals surface area contributed by atoms with E-state index in [9.17, 15) is 14.7 Å². The number of carbonyl (C=O) groups excluding carboxylic acids is 1. The van der Waals surface area contributed by atoms with Crippen molar-refractivity contribution in [1.29, 1.82) is 0 Å². The molecule has 0 bridgehead atoms. The number of hydrogen-bond acceptors (Lipinski definition) is 5. The molecule has 6 heteroatoms. The van der Waals surface area contributed by atoms with Crippen molar-refractivity contribution in [2.75, 3.05) is 19.8 Å². The number of unbranched alkanes of at least 4 members (excludes halogenated alkanes) is 5. The molecule has 6 nitrogen and oxygen atoms in total. The maximum atomic E-state index is 13.0. The van der Waals surface area contributed by atoms with E-state index in [2.05, 4.69) is 6.58 Å². The summed E-state index contributed by atoms with van der Waals surface area (Å²) >= 11 is 0. The normalized spacial score (nSPS) is 10.6. The predicted octanol–water partition coefficient (Wildman–Crippen LogP) is 7.19. The van der Waals surface area contributed by atoms with E-state index in [0.717, 1.165) is 50.7 Å². The van der Waals surface area contributed by atoms with Crippen LogP contribution in [0.3, 0.4) is 0 Å². The zero-order chi connectivity index (χ0) is 26.3. The van der Waals surface area contributed by atoms with Crippen LogP contribution in [0, 0.1) is 0 Å². The largest absolute Gasteiger partial charge is 0.489 e. The molecule has 0 heterocycles. The van der Waals surface area contributed by atoms with Gasteiger partial charge in [-0.05, 0) is 42.7 Å². The highest BCUT2D eigenvalue weighted by Gasteiger charge is 2.24. The quantitative estimate of drug-likeness (QED) is 0.0966. The maximum absolute atomic E-state index is 13.0. The van der Waals surface area contributed by atoms with Gasteiger partial charge in [0.2, 0.25) is 0 Å². The molecule has 0 aliphatic heterocycles. The lowest BCUT2D eigenvalue weighted by atomic mass is 10.0. The zero-order valence-electron chi connectivity index (χ0n) is 21.1. The molecule has 0 aromatic heterocycles. The summed E-state index contributed by atoms with van der Waals surface area (Å²) in [5, 5.41) is 9.84. The van der Waals surface area contributed by atoms with Gasteiger partial charge in [-0.25, -0.2) is 9.59 Å². The molecule has 0 aliphatic rings. The number of rotatable bonds is 16. The molecule has 0 fully saturated rings. The lowest BCUT2D eigenvalue weighted by Gasteiger charge is -2.18. The van der Waals surface area contributed by atoms with Crippen LogP contribution >= 0.6 is 0 Å². The van der Waals surface area contributed by atoms with Crippen LogP contribution in [0.2, 0.25) is 0 Å². The van der Waals surface area contributed by atoms with Crippen LogP contribution in [0.4, 0.5) is 0 Å². The van der Waals surface area contributed by atoms with Crippen LogP contribution in [0.25, 0.3) is 11.1 Å². The van der Waals surface area contributed by atoms with Crippen molar-refractivity contribution >= 4 is 11.9 Å². The summed E-state index contributed by atoms with van der Waals surface area (Å²) in [7, 11) is 0. The summed E-state index contributed by atoms with van der Waals surface area (Å²) < 4.78 is 17.2. The smallest absolute Gasteiger partial charge is 0.343 e. The van der Waals surface area contributed by atoms with Crippen molar-refractivity contribution in [2.45, 2.75) is 38.5 Å². The van der Waals surface area contributed by atoms with Crippen molar-refractivity contribution in [2.24, 2.45) is 0 Å². The molecule has 0 spiro atoms. The monoisotopic (exact) mass is 502 g/mol. The third-order valence-corrected chi connectivity index (χ3v) is 5.80. The van der Waals surface area contributed by atoms with Crippen LogP contribution in [0.15, 0.2) is 85.5 Å². The second-order valence-corrected chi connectivity index (χ2v) is 8.58. The number of benzene rings is 3. The summed E-state index contributed by atoms with van der Waals surface area (Å²) in [6.45, 7) is 5.28. The second-order valence-electron chi connectivity index (χ2n) is 8.58. The van der Waals surface area contributed by atoms with E-state index in [-0.39, 0.29) is 17.1 Å². The van der Waals surface area contributed by atoms with Crippen molar-refractivity contribution in [3.63, 3.8) is 0 Å². The van der Waals surface area contributed by atoms with Gasteiger partial charge in [0.25, 0.3) is 0 Å². The third kappa shape index (κ3) is 8.62. The molecule has 194 valence electrons. The Morgan fingerprint density at radius 2 is 1.38 bits per heavy atom. The molecule has 3 aromatic carbocycles. The molecule has 3 aromatic rings. The van der Waals surface area contributed by atoms with E-state index in [1.54, 1.807) is 36.4 Å². The Morgan fingerprint density at radius 1 is 0.757 bits per heavy atom. The van der Waals surface area contributed by atoms with Gasteiger partial charge in [0.05, 0.1) is 18.8 Å². The fraction of sp³-hybridized carbons (Fsp3) is 0.290. The fourth-order valence-electron chi connectivity index (χ4n) is 3.90. The van der Waals surface area contributed by atoms with Crippen molar-refractivity contribution < 1.29 is 28.9 Å². The lowest BCUT2D eigenvalue weighted by molar-refractivity contribution is 0.0678. The molecule has 0 radical (unpaired) electrons. The average molecular weight is 503 g/mol. The molecule has 37 heavy (non-hydrogen) atoms. The summed E-state index contributed by atoms with van der Waals surface area (Å²) in [5.41, 5.74) is 1.69. The molecule has 1 N–H and O–H groups in total. The van der Waals surface area contributed by atoms with Crippen LogP contribution < -0.4 is 9.47 Å². The van der Waals surface area contributed by atoms with E-state index in [1.807, 2.05) is 36.4 Å². The minimum Gasteiger partial charge on any atom is -0.489 e. The molecular formula is C31H34O6. The van der Waals surface area contributed by atoms with Crippen LogP contribution in [0.5, 0.6) is 11.5 Å². The SMILES string of the molecule is C=CCOCCCCCCCCOc1c(C(=O)O)ccc(-c2ccccc2)c1OC(=O)c1ccccc1. The Balaban J connectivity index is 1.72. The molecule has 0 saturated heterocycles. The summed E-state index contributed by atoms with van der Waals surface area (Å²) in [6.07, 6.45) is 7.73. The highest BCUT2D eigenvalue weighted by molar-refractivity contribution is 5.97. The third-order valence-electron chi connectivity index (χ3n) is 5.80. The molecule has 0 unspecified atom stereocenters. The number of aromatic carboxylic acids is 1. The summed E-state index contributed by atoms with van der Waals surface area (Å²) in [6, 6.07) is 21.1. The first kappa shape index (κ1) is 27.7. The topological polar surface area (TPSA) is 82.1 Å². The van der Waals surface area contributed by atoms with E-state index >= 15 is 0 Å². The van der Waals surface area contributed by atoms with Gasteiger partial charge in [-0.3, -0.25) is 0 Å². The highest BCUT2D eigenvalue weighted by Crippen LogP contribution is 2.41. The van der Waals surface area contributed by atoms with Gasteiger partial charge >= 0.3 is 11.9 Å². The first-order valence-corrected chi connectivity index (χ1v) is 12.7. The molecule has 3 rings (SSSR count). The van der Waals surface area contributed by atoms with Gasteiger partial charge in [0, 0.05) is 12.2 Å². The van der Waals surface area contributed by atoms with E-state index in [0.29, 0.717) is 24.3 Å². The predicted molar refractivity (Wildman–Crippen MR) is 144 cm³/mol. The van der Waals surface area contributed by atoms with Gasteiger partial charge in [-0.2, -0.15) is 0 Å². The standard InChI is InChI=1S/C31H34O6/c1-2-21-35-22-13-5-3-4-6-14-23-36-28-27(30(32)33)20-19-26(24-15-9-7-10-16-24)29(28)37-31(34)25-17-11-8-12-18-25/h2,7-12,15-20H,1,3-6,13-14,21-23H2,(H,32,33). The molecular weight excluding hydrogens is 468 g/mol. The van der Waals surface area contributed by atoms with Gasteiger partial charge < -0.3 is 19.3 Å². The Morgan fingerprint density at radius 3 is 2.03 bits per heavy atom. The van der Waals surface area contributed by atoms with Crippen LogP contribution in [-0.2, 0) is 4.74 Å². The van der Waals surface area contributed by atoms with E-state index in [4.69, 9.17) is 14.2 Å². The number of carboxylic acid groups (broad SMARTS) is 1. The van der Waals surface area contributed by atoms with Gasteiger partial charge in [0.1, 0.15) is 5.56 Å². The Bertz CT molecular complexity index is 1140. The van der Waals surface area contributed by atoms with Gasteiger partial charge in [0.15, 0.2) is 11.5 Å². The first-order chi connectivity index (χ1) is 18.1. The number of carboxylic acids is 1. The molecule has 0 saturated carbocycles. The first-order valence-electron chi connectivity index (χ1n) is 12.7. The average Bonchev–Trinajstić information content (AvgIpc) is 2.93. The highest BCUT2D eigenvalue weighted by atomic mass is 16.6. The zero-order valence-corrected chi connectivity index (χ0v) is 21.1. The number of hydrogen-bond donors (Lipinski definition) is 1. The Hall–Kier alpha value is -3.90. The molecule has 0 atom stereocenters. The van der Waals surface area contributed by atoms with E-state index in [1.165, 1.54) is 6.07 Å². The van der Waals surface area contributed by atoms with Gasteiger partial charge in [-0.1, -0.05) is 80.3 Å². The van der Waals surface area contributed by atoms with E-state index < -0.39 is 11.9 Å². The summed E-state index contributed by atoms with van der Waals surface area (Å²) in [4.78, 5) is 25.0. The lowest BCUT2D eigenvalue weighted by Crippen LogP contribution is -2.13. The number of esters is 1. The Labute approximate surface area is 218 Å². The van der Waals surface area contributed by atoms with Crippen molar-refractivity contribution in [3.05, 3.63) is 96.6 Å². The minimum atomic E-state index is -1.15. The summed E-state index contributed by atoms with van der Waals surface area (Å²) in [5.74, 6) is -1.55. The maximum Gasteiger partial charge on any atom is 0.343 e. The minimum absolute atomic E-state index is 0.0462. The second kappa shape index (κ2) is 15.3.